The van der Waals surface area contributed by atoms with Gasteiger partial charge in [-0.25, -0.2) is 13.1 Å². The topological polar surface area (TPSA) is 46.2 Å². The Morgan fingerprint density at radius 1 is 1.24 bits per heavy atom. The third kappa shape index (κ3) is 8.86. The molecule has 0 aromatic heterocycles. The van der Waals surface area contributed by atoms with Gasteiger partial charge in [-0.15, -0.1) is 11.6 Å². The van der Waals surface area contributed by atoms with Gasteiger partial charge in [-0.1, -0.05) is 34.6 Å². The molecule has 0 rings (SSSR count). The van der Waals surface area contributed by atoms with Gasteiger partial charge >= 0.3 is 0 Å². The molecule has 0 bridgehead atoms. The van der Waals surface area contributed by atoms with Gasteiger partial charge in [0.05, 0.1) is 5.75 Å². The van der Waals surface area contributed by atoms with Crippen molar-refractivity contribution in [3.8, 4) is 0 Å². The van der Waals surface area contributed by atoms with Crippen LogP contribution in [0.3, 0.4) is 0 Å². The van der Waals surface area contributed by atoms with E-state index in [1.807, 2.05) is 34.6 Å². The second-order valence-electron chi connectivity index (χ2n) is 6.08. The molecule has 0 aliphatic rings. The first-order valence-corrected chi connectivity index (χ1v) is 8.32. The van der Waals surface area contributed by atoms with Crippen LogP contribution in [0.2, 0.25) is 0 Å². The van der Waals surface area contributed by atoms with E-state index in [-0.39, 0.29) is 23.1 Å². The molecular formula is C12H26ClNO2S. The number of alkyl halides is 1. The van der Waals surface area contributed by atoms with E-state index in [0.717, 1.165) is 0 Å². The first kappa shape index (κ1) is 17.2. The van der Waals surface area contributed by atoms with Crippen LogP contribution in [-0.4, -0.2) is 26.1 Å². The molecule has 0 radical (unpaired) electrons. The average molecular weight is 284 g/mol. The first-order valence-electron chi connectivity index (χ1n) is 6.13. The average Bonchev–Trinajstić information content (AvgIpc) is 2.13. The number of hydrogen-bond donors (Lipinski definition) is 1. The summed E-state index contributed by atoms with van der Waals surface area (Å²) < 4.78 is 26.6. The normalized spacial score (nSPS) is 15.2. The molecule has 0 fully saturated rings. The van der Waals surface area contributed by atoms with Crippen molar-refractivity contribution < 1.29 is 8.42 Å². The summed E-state index contributed by atoms with van der Waals surface area (Å²) >= 11 is 5.68. The van der Waals surface area contributed by atoms with Crippen LogP contribution in [0.15, 0.2) is 0 Å². The zero-order valence-corrected chi connectivity index (χ0v) is 13.2. The molecule has 104 valence electrons. The van der Waals surface area contributed by atoms with Crippen molar-refractivity contribution in [1.82, 2.24) is 4.72 Å². The molecule has 1 N–H and O–H groups in total. The van der Waals surface area contributed by atoms with E-state index < -0.39 is 10.0 Å². The molecule has 5 heteroatoms. The van der Waals surface area contributed by atoms with Crippen molar-refractivity contribution in [1.29, 1.82) is 0 Å². The third-order valence-corrected chi connectivity index (χ3v) is 4.30. The molecule has 0 aliphatic heterocycles. The Morgan fingerprint density at radius 3 is 2.12 bits per heavy atom. The Hall–Kier alpha value is 0.200. The van der Waals surface area contributed by atoms with Gasteiger partial charge in [0.1, 0.15) is 0 Å². The Balaban J connectivity index is 4.41. The molecule has 1 atom stereocenters. The molecule has 0 aromatic carbocycles. The zero-order chi connectivity index (χ0) is 13.7. The maximum atomic E-state index is 11.9. The van der Waals surface area contributed by atoms with Crippen LogP contribution in [0.25, 0.3) is 0 Å². The zero-order valence-electron chi connectivity index (χ0n) is 11.6. The van der Waals surface area contributed by atoms with Gasteiger partial charge < -0.3 is 0 Å². The highest BCUT2D eigenvalue weighted by Gasteiger charge is 2.22. The minimum atomic E-state index is -3.19. The van der Waals surface area contributed by atoms with E-state index in [1.54, 1.807) is 0 Å². The number of sulfonamides is 1. The van der Waals surface area contributed by atoms with Gasteiger partial charge in [0, 0.05) is 11.9 Å². The summed E-state index contributed by atoms with van der Waals surface area (Å²) in [5.74, 6) is 0.922. The smallest absolute Gasteiger partial charge is 0.211 e. The summed E-state index contributed by atoms with van der Waals surface area (Å²) in [6.45, 7) is 10.1. The standard InChI is InChI=1S/C12H26ClNO2S/c1-10(2)11(6-8-13)14-17(15,16)9-7-12(3,4)5/h10-11,14H,6-9H2,1-5H3. The van der Waals surface area contributed by atoms with Crippen LogP contribution in [0, 0.1) is 11.3 Å². The number of rotatable bonds is 7. The maximum absolute atomic E-state index is 11.9. The van der Waals surface area contributed by atoms with Crippen LogP contribution in [0.1, 0.15) is 47.5 Å². The number of halogens is 1. The molecule has 0 aliphatic carbocycles. The molecule has 1 unspecified atom stereocenters. The Kier molecular flexibility index (Phi) is 7.04. The molecule has 0 saturated carbocycles. The fraction of sp³-hybridized carbons (Fsp3) is 1.00. The quantitative estimate of drug-likeness (QED) is 0.730. The lowest BCUT2D eigenvalue weighted by Gasteiger charge is -2.23. The lowest BCUT2D eigenvalue weighted by molar-refractivity contribution is 0.392. The van der Waals surface area contributed by atoms with E-state index in [2.05, 4.69) is 4.72 Å². The molecule has 17 heavy (non-hydrogen) atoms. The highest BCUT2D eigenvalue weighted by molar-refractivity contribution is 7.89. The predicted molar refractivity (Wildman–Crippen MR) is 75.0 cm³/mol. The number of nitrogens with one attached hydrogen (secondary N) is 1. The summed E-state index contributed by atoms with van der Waals surface area (Å²) in [7, 11) is -3.19. The fourth-order valence-corrected chi connectivity index (χ4v) is 3.46. The van der Waals surface area contributed by atoms with Gasteiger partial charge in [-0.05, 0) is 24.2 Å². The van der Waals surface area contributed by atoms with Crippen molar-refractivity contribution in [2.75, 3.05) is 11.6 Å². The summed E-state index contributed by atoms with van der Waals surface area (Å²) in [4.78, 5) is 0. The van der Waals surface area contributed by atoms with E-state index in [1.165, 1.54) is 0 Å². The van der Waals surface area contributed by atoms with Crippen molar-refractivity contribution in [3.63, 3.8) is 0 Å². The van der Waals surface area contributed by atoms with E-state index in [4.69, 9.17) is 11.6 Å². The fourth-order valence-electron chi connectivity index (χ4n) is 1.38. The summed E-state index contributed by atoms with van der Waals surface area (Å²) in [5, 5.41) is 0. The molecule has 0 spiro atoms. The van der Waals surface area contributed by atoms with Crippen LogP contribution in [-0.2, 0) is 10.0 Å². The highest BCUT2D eigenvalue weighted by Crippen LogP contribution is 2.19. The molecule has 0 amide bonds. The van der Waals surface area contributed by atoms with Crippen LogP contribution in [0.4, 0.5) is 0 Å². The van der Waals surface area contributed by atoms with E-state index in [9.17, 15) is 8.42 Å². The van der Waals surface area contributed by atoms with Crippen LogP contribution in [0.5, 0.6) is 0 Å². The highest BCUT2D eigenvalue weighted by atomic mass is 35.5. The number of hydrogen-bond acceptors (Lipinski definition) is 2. The van der Waals surface area contributed by atoms with Crippen molar-refractivity contribution in [3.05, 3.63) is 0 Å². The minimum absolute atomic E-state index is 0.0363. The van der Waals surface area contributed by atoms with Crippen molar-refractivity contribution in [2.24, 2.45) is 11.3 Å². The van der Waals surface area contributed by atoms with Crippen LogP contribution < -0.4 is 4.72 Å². The molecule has 0 aromatic rings. The van der Waals surface area contributed by atoms with Gasteiger partial charge in [0.25, 0.3) is 0 Å². The predicted octanol–water partition coefficient (Wildman–Crippen LogP) is 3.00. The minimum Gasteiger partial charge on any atom is -0.212 e. The Morgan fingerprint density at radius 2 is 1.76 bits per heavy atom. The lowest BCUT2D eigenvalue weighted by atomic mass is 9.94. The molecular weight excluding hydrogens is 258 g/mol. The summed E-state index contributed by atoms with van der Waals surface area (Å²) in [5.41, 5.74) is 0.0363. The molecule has 0 heterocycles. The largest absolute Gasteiger partial charge is 0.212 e. The Labute approximate surface area is 111 Å². The van der Waals surface area contributed by atoms with Crippen molar-refractivity contribution >= 4 is 21.6 Å². The van der Waals surface area contributed by atoms with Crippen molar-refractivity contribution in [2.45, 2.75) is 53.5 Å². The summed E-state index contributed by atoms with van der Waals surface area (Å²) in [6, 6.07) is -0.0579. The SMILES string of the molecule is CC(C)C(CCCl)NS(=O)(=O)CCC(C)(C)C. The maximum Gasteiger partial charge on any atom is 0.211 e. The Bertz CT molecular complexity index is 307. The second kappa shape index (κ2) is 6.95. The van der Waals surface area contributed by atoms with Gasteiger partial charge in [-0.3, -0.25) is 0 Å². The third-order valence-electron chi connectivity index (χ3n) is 2.68. The molecule has 0 saturated heterocycles. The van der Waals surface area contributed by atoms with Gasteiger partial charge in [0.2, 0.25) is 10.0 Å². The van der Waals surface area contributed by atoms with E-state index >= 15 is 0 Å². The van der Waals surface area contributed by atoms with Crippen LogP contribution >= 0.6 is 11.6 Å². The van der Waals surface area contributed by atoms with E-state index in [0.29, 0.717) is 18.7 Å². The second-order valence-corrected chi connectivity index (χ2v) is 8.33. The lowest BCUT2D eigenvalue weighted by Crippen LogP contribution is -2.40. The van der Waals surface area contributed by atoms with Gasteiger partial charge in [0.15, 0.2) is 0 Å². The monoisotopic (exact) mass is 283 g/mol. The van der Waals surface area contributed by atoms with Gasteiger partial charge in [-0.2, -0.15) is 0 Å². The summed E-state index contributed by atoms with van der Waals surface area (Å²) in [6.07, 6.45) is 1.34. The molecule has 3 nitrogen and oxygen atoms in total. The first-order chi connectivity index (χ1) is 7.57.